The molecule has 5 atom stereocenters. The predicted octanol–water partition coefficient (Wildman–Crippen LogP) is 3.49. The van der Waals surface area contributed by atoms with Crippen LogP contribution >= 0.6 is 0 Å². The molecule has 4 heteroatoms. The zero-order valence-electron chi connectivity index (χ0n) is 15.6. The number of nitrogens with one attached hydrogen (secondary N) is 1. The highest BCUT2D eigenvalue weighted by Crippen LogP contribution is 2.43. The van der Waals surface area contributed by atoms with Crippen LogP contribution < -0.4 is 5.32 Å². The SMILES string of the molecule is O=C(NC(Cc1cccnc1)C1CCCC1)C1C[C@H]2CC(O)C[C@@H](C1)C2. The summed E-state index contributed by atoms with van der Waals surface area (Å²) in [6.45, 7) is 0. The summed E-state index contributed by atoms with van der Waals surface area (Å²) in [4.78, 5) is 17.3. The first kappa shape index (κ1) is 18.0. The lowest BCUT2D eigenvalue weighted by molar-refractivity contribution is -0.129. The molecule has 3 aliphatic carbocycles. The average molecular weight is 357 g/mol. The Morgan fingerprint density at radius 2 is 1.88 bits per heavy atom. The summed E-state index contributed by atoms with van der Waals surface area (Å²) in [5.74, 6) is 2.08. The van der Waals surface area contributed by atoms with E-state index in [9.17, 15) is 9.90 Å². The molecule has 0 spiro atoms. The molecule has 1 aromatic rings. The van der Waals surface area contributed by atoms with Crippen LogP contribution in [0.2, 0.25) is 0 Å². The molecule has 4 rings (SSSR count). The molecule has 2 N–H and O–H groups in total. The molecule has 0 radical (unpaired) electrons. The third-order valence-corrected chi connectivity index (χ3v) is 6.96. The van der Waals surface area contributed by atoms with Gasteiger partial charge >= 0.3 is 0 Å². The Labute approximate surface area is 156 Å². The summed E-state index contributed by atoms with van der Waals surface area (Å²) in [7, 11) is 0. The maximum Gasteiger partial charge on any atom is 0.223 e. The van der Waals surface area contributed by atoms with Gasteiger partial charge in [0.1, 0.15) is 0 Å². The minimum atomic E-state index is -0.139. The van der Waals surface area contributed by atoms with E-state index in [1.807, 2.05) is 18.5 Å². The van der Waals surface area contributed by atoms with E-state index in [-0.39, 0.29) is 24.0 Å². The summed E-state index contributed by atoms with van der Waals surface area (Å²) >= 11 is 0. The molecule has 1 aromatic heterocycles. The van der Waals surface area contributed by atoms with Gasteiger partial charge in [-0.15, -0.1) is 0 Å². The van der Waals surface area contributed by atoms with E-state index in [4.69, 9.17) is 0 Å². The number of carbonyl (C=O) groups excluding carboxylic acids is 1. The van der Waals surface area contributed by atoms with Crippen molar-refractivity contribution >= 4 is 5.91 Å². The normalized spacial score (nSPS) is 33.0. The van der Waals surface area contributed by atoms with E-state index in [2.05, 4.69) is 16.4 Å². The Morgan fingerprint density at radius 1 is 1.15 bits per heavy atom. The summed E-state index contributed by atoms with van der Waals surface area (Å²) in [5.41, 5.74) is 1.22. The van der Waals surface area contributed by atoms with Crippen LogP contribution in [0, 0.1) is 23.7 Å². The second-order valence-corrected chi connectivity index (χ2v) is 8.99. The van der Waals surface area contributed by atoms with Gasteiger partial charge in [-0.25, -0.2) is 0 Å². The molecule has 3 saturated carbocycles. The van der Waals surface area contributed by atoms with Crippen LogP contribution in [0.5, 0.6) is 0 Å². The first-order chi connectivity index (χ1) is 12.7. The first-order valence-corrected chi connectivity index (χ1v) is 10.5. The number of amides is 1. The van der Waals surface area contributed by atoms with Crippen LogP contribution in [0.3, 0.4) is 0 Å². The Morgan fingerprint density at radius 3 is 2.54 bits per heavy atom. The Bertz CT molecular complexity index is 581. The van der Waals surface area contributed by atoms with Gasteiger partial charge in [0.15, 0.2) is 0 Å². The second-order valence-electron chi connectivity index (χ2n) is 8.99. The highest BCUT2D eigenvalue weighted by Gasteiger charge is 2.39. The van der Waals surface area contributed by atoms with Crippen molar-refractivity contribution in [3.05, 3.63) is 30.1 Å². The lowest BCUT2D eigenvalue weighted by Crippen LogP contribution is -2.46. The minimum absolute atomic E-state index is 0.139. The molecule has 142 valence electrons. The lowest BCUT2D eigenvalue weighted by Gasteiger charge is -2.41. The molecular formula is C22H32N2O2. The van der Waals surface area contributed by atoms with Crippen molar-refractivity contribution in [2.75, 3.05) is 0 Å². The van der Waals surface area contributed by atoms with E-state index in [0.717, 1.165) is 32.1 Å². The van der Waals surface area contributed by atoms with Crippen molar-refractivity contribution in [3.8, 4) is 0 Å². The number of pyridine rings is 1. The van der Waals surface area contributed by atoms with Gasteiger partial charge < -0.3 is 10.4 Å². The number of rotatable bonds is 5. The van der Waals surface area contributed by atoms with Crippen LogP contribution in [0.15, 0.2) is 24.5 Å². The molecule has 2 bridgehead atoms. The van der Waals surface area contributed by atoms with E-state index >= 15 is 0 Å². The van der Waals surface area contributed by atoms with Crippen LogP contribution in [0.4, 0.5) is 0 Å². The molecule has 0 saturated heterocycles. The number of nitrogens with zero attached hydrogens (tertiary/aromatic N) is 1. The van der Waals surface area contributed by atoms with Crippen molar-refractivity contribution in [1.82, 2.24) is 10.3 Å². The molecule has 3 fully saturated rings. The van der Waals surface area contributed by atoms with Crippen molar-refractivity contribution in [3.63, 3.8) is 0 Å². The molecule has 0 aromatic carbocycles. The fourth-order valence-corrected chi connectivity index (χ4v) is 5.80. The number of aliphatic hydroxyl groups is 1. The standard InChI is InChI=1S/C22H32N2O2/c25-20-11-16-8-17(12-20)10-19(9-16)22(26)24-21(18-5-1-2-6-18)13-15-4-3-7-23-14-15/h3-4,7,14,16-21,25H,1-2,5-6,8-13H2,(H,24,26)/t16-,17+,19?,20?,21?. The average Bonchev–Trinajstić information content (AvgIpc) is 3.15. The van der Waals surface area contributed by atoms with Crippen LogP contribution in [-0.4, -0.2) is 28.1 Å². The van der Waals surface area contributed by atoms with Crippen molar-refractivity contribution in [2.24, 2.45) is 23.7 Å². The number of hydrogen-bond donors (Lipinski definition) is 2. The topological polar surface area (TPSA) is 62.2 Å². The van der Waals surface area contributed by atoms with E-state index in [0.29, 0.717) is 17.8 Å². The van der Waals surface area contributed by atoms with Gasteiger partial charge in [-0.05, 0) is 80.8 Å². The molecule has 1 amide bonds. The van der Waals surface area contributed by atoms with Gasteiger partial charge in [0.25, 0.3) is 0 Å². The maximum atomic E-state index is 13.1. The minimum Gasteiger partial charge on any atom is -0.393 e. The second kappa shape index (κ2) is 8.08. The largest absolute Gasteiger partial charge is 0.393 e. The van der Waals surface area contributed by atoms with Gasteiger partial charge in [-0.2, -0.15) is 0 Å². The van der Waals surface area contributed by atoms with Crippen LogP contribution in [0.1, 0.15) is 63.4 Å². The zero-order valence-corrected chi connectivity index (χ0v) is 15.6. The predicted molar refractivity (Wildman–Crippen MR) is 101 cm³/mol. The Kier molecular flexibility index (Phi) is 5.58. The van der Waals surface area contributed by atoms with E-state index in [1.54, 1.807) is 0 Å². The molecule has 1 heterocycles. The van der Waals surface area contributed by atoms with Crippen LogP contribution in [0.25, 0.3) is 0 Å². The fraction of sp³-hybridized carbons (Fsp3) is 0.727. The third-order valence-electron chi connectivity index (χ3n) is 6.96. The van der Waals surface area contributed by atoms with Crippen molar-refractivity contribution < 1.29 is 9.90 Å². The molecule has 3 aliphatic rings. The fourth-order valence-electron chi connectivity index (χ4n) is 5.80. The molecular weight excluding hydrogens is 324 g/mol. The maximum absolute atomic E-state index is 13.1. The number of aliphatic hydroxyl groups excluding tert-OH is 1. The van der Waals surface area contributed by atoms with Gasteiger partial charge in [0.2, 0.25) is 5.91 Å². The van der Waals surface area contributed by atoms with Crippen molar-refractivity contribution in [1.29, 1.82) is 0 Å². The van der Waals surface area contributed by atoms with Crippen LogP contribution in [-0.2, 0) is 11.2 Å². The Balaban J connectivity index is 1.41. The first-order valence-electron chi connectivity index (χ1n) is 10.5. The molecule has 0 aliphatic heterocycles. The summed E-state index contributed by atoms with van der Waals surface area (Å²) < 4.78 is 0. The lowest BCUT2D eigenvalue weighted by atomic mass is 9.67. The molecule has 4 nitrogen and oxygen atoms in total. The van der Waals surface area contributed by atoms with E-state index < -0.39 is 0 Å². The number of fused-ring (bicyclic) bond motifs is 2. The highest BCUT2D eigenvalue weighted by molar-refractivity contribution is 5.79. The summed E-state index contributed by atoms with van der Waals surface area (Å²) in [5, 5.41) is 13.4. The van der Waals surface area contributed by atoms with Gasteiger partial charge in [-0.3, -0.25) is 9.78 Å². The zero-order chi connectivity index (χ0) is 17.9. The van der Waals surface area contributed by atoms with Gasteiger partial charge in [-0.1, -0.05) is 18.9 Å². The molecule has 3 unspecified atom stereocenters. The Hall–Kier alpha value is -1.42. The van der Waals surface area contributed by atoms with E-state index in [1.165, 1.54) is 37.7 Å². The number of carbonyl (C=O) groups is 1. The summed E-state index contributed by atoms with van der Waals surface area (Å²) in [6.07, 6.45) is 14.4. The summed E-state index contributed by atoms with van der Waals surface area (Å²) in [6, 6.07) is 4.34. The smallest absolute Gasteiger partial charge is 0.223 e. The monoisotopic (exact) mass is 356 g/mol. The van der Waals surface area contributed by atoms with Crippen molar-refractivity contribution in [2.45, 2.75) is 76.4 Å². The number of aromatic nitrogens is 1. The van der Waals surface area contributed by atoms with Gasteiger partial charge in [0.05, 0.1) is 6.10 Å². The molecule has 26 heavy (non-hydrogen) atoms. The third kappa shape index (κ3) is 4.28. The quantitative estimate of drug-likeness (QED) is 0.849. The number of hydrogen-bond acceptors (Lipinski definition) is 3. The highest BCUT2D eigenvalue weighted by atomic mass is 16.3. The van der Waals surface area contributed by atoms with Gasteiger partial charge in [0, 0.05) is 24.4 Å².